The molecule has 0 aliphatic carbocycles. The van der Waals surface area contributed by atoms with Gasteiger partial charge in [0, 0.05) is 18.2 Å². The summed E-state index contributed by atoms with van der Waals surface area (Å²) in [5.74, 6) is -0.452. The second kappa shape index (κ2) is 6.23. The minimum atomic E-state index is -4.82. The van der Waals surface area contributed by atoms with Gasteiger partial charge < -0.3 is 4.74 Å². The van der Waals surface area contributed by atoms with Crippen molar-refractivity contribution < 1.29 is 17.9 Å². The first kappa shape index (κ1) is 17.0. The number of hydrogen-bond donors (Lipinski definition) is 1. The number of nitrogens with one attached hydrogen (secondary N) is 1. The van der Waals surface area contributed by atoms with E-state index in [1.54, 1.807) is 0 Å². The quantitative estimate of drug-likeness (QED) is 0.783. The summed E-state index contributed by atoms with van der Waals surface area (Å²) >= 11 is 0. The number of H-pyrrole nitrogens is 1. The maximum atomic E-state index is 12.6. The average molecular weight is 352 g/mol. The molecule has 3 aromatic rings. The third kappa shape index (κ3) is 3.81. The monoisotopic (exact) mass is 352 g/mol. The van der Waals surface area contributed by atoms with Crippen LogP contribution in [0, 0.1) is 6.92 Å². The van der Waals surface area contributed by atoms with Crippen molar-refractivity contribution in [3.8, 4) is 5.75 Å². The first-order valence-electron chi connectivity index (χ1n) is 7.50. The van der Waals surface area contributed by atoms with Crippen molar-refractivity contribution >= 4 is 10.9 Å². The second-order valence-corrected chi connectivity index (χ2v) is 5.78. The van der Waals surface area contributed by atoms with Gasteiger partial charge in [0.15, 0.2) is 0 Å². The number of aromatic amines is 1. The number of benzene rings is 1. The van der Waals surface area contributed by atoms with Gasteiger partial charge in [-0.3, -0.25) is 14.5 Å². The van der Waals surface area contributed by atoms with Crippen LogP contribution in [0.5, 0.6) is 5.75 Å². The summed E-state index contributed by atoms with van der Waals surface area (Å²) in [5, 5.41) is 7.01. The smallest absolute Gasteiger partial charge is 0.406 e. The Morgan fingerprint density at radius 3 is 2.72 bits per heavy atom. The molecular formula is C16H15F3N4O2. The predicted molar refractivity (Wildman–Crippen MR) is 84.4 cm³/mol. The lowest BCUT2D eigenvalue weighted by Crippen LogP contribution is -2.25. The normalized spacial score (nSPS) is 13.2. The number of ether oxygens (including phenoxy) is 1. The molecular weight excluding hydrogens is 337 g/mol. The average Bonchev–Trinajstić information content (AvgIpc) is 2.91. The van der Waals surface area contributed by atoms with Gasteiger partial charge >= 0.3 is 6.36 Å². The summed E-state index contributed by atoms with van der Waals surface area (Å²) in [6.07, 6.45) is -2.95. The van der Waals surface area contributed by atoms with Crippen molar-refractivity contribution in [3.63, 3.8) is 0 Å². The van der Waals surface area contributed by atoms with Crippen LogP contribution in [0.1, 0.15) is 24.4 Å². The molecule has 3 rings (SSSR count). The molecule has 0 bridgehead atoms. The lowest BCUT2D eigenvalue weighted by molar-refractivity contribution is -0.274. The maximum absolute atomic E-state index is 12.6. The van der Waals surface area contributed by atoms with E-state index in [4.69, 9.17) is 0 Å². The fourth-order valence-corrected chi connectivity index (χ4v) is 2.61. The zero-order valence-electron chi connectivity index (χ0n) is 13.5. The fourth-order valence-electron chi connectivity index (χ4n) is 2.61. The lowest BCUT2D eigenvalue weighted by atomic mass is 10.1. The Kier molecular flexibility index (Phi) is 4.23. The number of rotatable bonds is 4. The SMILES string of the molecule is Cc1cc(C[C@H](C)n2cnc3ccc(OC(F)(F)F)cc3c2=O)n[nH]1. The topological polar surface area (TPSA) is 72.8 Å². The maximum Gasteiger partial charge on any atom is 0.573 e. The van der Waals surface area contributed by atoms with E-state index < -0.39 is 17.7 Å². The Morgan fingerprint density at radius 2 is 2.08 bits per heavy atom. The highest BCUT2D eigenvalue weighted by Gasteiger charge is 2.31. The molecule has 2 heterocycles. The number of fused-ring (bicyclic) bond motifs is 1. The third-order valence-corrected chi connectivity index (χ3v) is 3.73. The molecule has 9 heteroatoms. The first-order chi connectivity index (χ1) is 11.7. The molecule has 0 aliphatic rings. The van der Waals surface area contributed by atoms with Crippen LogP contribution in [-0.4, -0.2) is 26.1 Å². The van der Waals surface area contributed by atoms with Crippen molar-refractivity contribution in [3.05, 3.63) is 52.3 Å². The summed E-state index contributed by atoms with van der Waals surface area (Å²) in [5.41, 5.74) is 1.56. The highest BCUT2D eigenvalue weighted by atomic mass is 19.4. The van der Waals surface area contributed by atoms with Gasteiger partial charge in [-0.2, -0.15) is 5.10 Å². The largest absolute Gasteiger partial charge is 0.573 e. The lowest BCUT2D eigenvalue weighted by Gasteiger charge is -2.14. The van der Waals surface area contributed by atoms with Crippen molar-refractivity contribution in [1.29, 1.82) is 0 Å². The zero-order valence-corrected chi connectivity index (χ0v) is 13.5. The molecule has 0 radical (unpaired) electrons. The van der Waals surface area contributed by atoms with Crippen molar-refractivity contribution in [2.24, 2.45) is 0 Å². The molecule has 6 nitrogen and oxygen atoms in total. The molecule has 0 saturated heterocycles. The van der Waals surface area contributed by atoms with Gasteiger partial charge in [0.1, 0.15) is 5.75 Å². The van der Waals surface area contributed by atoms with Gasteiger partial charge in [-0.25, -0.2) is 4.98 Å². The molecule has 0 spiro atoms. The standard InChI is InChI=1S/C16H15F3N4O2/c1-9-5-11(22-21-9)6-10(2)23-8-20-14-4-3-12(25-16(17,18)19)7-13(14)15(23)24/h3-5,7-8,10H,6H2,1-2H3,(H,21,22)/t10-/m0/s1. The van der Waals surface area contributed by atoms with Gasteiger partial charge in [0.2, 0.25) is 0 Å². The van der Waals surface area contributed by atoms with Gasteiger partial charge in [0.25, 0.3) is 5.56 Å². The van der Waals surface area contributed by atoms with Crippen molar-refractivity contribution in [2.75, 3.05) is 0 Å². The summed E-state index contributed by atoms with van der Waals surface area (Å²) in [7, 11) is 0. The van der Waals surface area contributed by atoms with Crippen LogP contribution >= 0.6 is 0 Å². The molecule has 0 aliphatic heterocycles. The number of halogens is 3. The Hall–Kier alpha value is -2.84. The second-order valence-electron chi connectivity index (χ2n) is 5.78. The zero-order chi connectivity index (χ0) is 18.2. The van der Waals surface area contributed by atoms with Gasteiger partial charge in [0.05, 0.1) is 22.9 Å². The van der Waals surface area contributed by atoms with Crippen molar-refractivity contribution in [2.45, 2.75) is 32.7 Å². The molecule has 0 amide bonds. The molecule has 1 atom stereocenters. The van der Waals surface area contributed by atoms with Crippen LogP contribution in [0.4, 0.5) is 13.2 Å². The summed E-state index contributed by atoms with van der Waals surface area (Å²) in [6, 6.07) is 5.11. The van der Waals surface area contributed by atoms with Crippen LogP contribution in [0.15, 0.2) is 35.4 Å². The minimum Gasteiger partial charge on any atom is -0.406 e. The number of aromatic nitrogens is 4. The minimum absolute atomic E-state index is 0.0642. The molecule has 1 aromatic carbocycles. The highest BCUT2D eigenvalue weighted by molar-refractivity contribution is 5.78. The van der Waals surface area contributed by atoms with Crippen LogP contribution < -0.4 is 10.3 Å². The Balaban J connectivity index is 1.96. The van der Waals surface area contributed by atoms with E-state index in [0.717, 1.165) is 23.5 Å². The van der Waals surface area contributed by atoms with E-state index in [-0.39, 0.29) is 11.4 Å². The first-order valence-corrected chi connectivity index (χ1v) is 7.50. The van der Waals surface area contributed by atoms with E-state index in [0.29, 0.717) is 11.9 Å². The van der Waals surface area contributed by atoms with Crippen LogP contribution in [0.3, 0.4) is 0 Å². The van der Waals surface area contributed by atoms with Crippen LogP contribution in [0.2, 0.25) is 0 Å². The highest BCUT2D eigenvalue weighted by Crippen LogP contribution is 2.24. The molecule has 0 unspecified atom stereocenters. The molecule has 25 heavy (non-hydrogen) atoms. The van der Waals surface area contributed by atoms with E-state index in [1.165, 1.54) is 17.0 Å². The molecule has 0 saturated carbocycles. The molecule has 1 N–H and O–H groups in total. The van der Waals surface area contributed by atoms with Gasteiger partial charge in [-0.05, 0) is 38.1 Å². The molecule has 0 fully saturated rings. The molecule has 132 valence electrons. The number of aryl methyl sites for hydroxylation is 1. The van der Waals surface area contributed by atoms with E-state index in [1.807, 2.05) is 19.9 Å². The third-order valence-electron chi connectivity index (χ3n) is 3.73. The van der Waals surface area contributed by atoms with Gasteiger partial charge in [-0.1, -0.05) is 0 Å². The van der Waals surface area contributed by atoms with Crippen LogP contribution in [0.25, 0.3) is 10.9 Å². The summed E-state index contributed by atoms with van der Waals surface area (Å²) in [4.78, 5) is 16.8. The van der Waals surface area contributed by atoms with Crippen LogP contribution in [-0.2, 0) is 6.42 Å². The predicted octanol–water partition coefficient (Wildman–Crippen LogP) is 3.13. The Morgan fingerprint density at radius 1 is 1.32 bits per heavy atom. The summed E-state index contributed by atoms with van der Waals surface area (Å²) in [6.45, 7) is 3.68. The number of hydrogen-bond acceptors (Lipinski definition) is 4. The van der Waals surface area contributed by atoms with E-state index in [2.05, 4.69) is 19.9 Å². The number of alkyl halides is 3. The Bertz CT molecular complexity index is 962. The van der Waals surface area contributed by atoms with Gasteiger partial charge in [-0.15, -0.1) is 13.2 Å². The van der Waals surface area contributed by atoms with Crippen molar-refractivity contribution in [1.82, 2.24) is 19.7 Å². The summed E-state index contributed by atoms with van der Waals surface area (Å²) < 4.78 is 42.3. The number of nitrogens with zero attached hydrogens (tertiary/aromatic N) is 3. The molecule has 2 aromatic heterocycles. The fraction of sp³-hybridized carbons (Fsp3) is 0.312. The Labute approximate surface area is 140 Å². The van der Waals surface area contributed by atoms with E-state index in [9.17, 15) is 18.0 Å². The van der Waals surface area contributed by atoms with E-state index >= 15 is 0 Å².